The molecule has 13 heavy (non-hydrogen) atoms. The van der Waals surface area contributed by atoms with Crippen molar-refractivity contribution in [2.75, 3.05) is 0 Å². The third kappa shape index (κ3) is 2.47. The maximum absolute atomic E-state index is 9.50. The molecule has 0 amide bonds. The van der Waals surface area contributed by atoms with Gasteiger partial charge in [-0.3, -0.25) is 0 Å². The van der Waals surface area contributed by atoms with Crippen LogP contribution in [0.3, 0.4) is 0 Å². The third-order valence-electron chi connectivity index (χ3n) is 2.21. The Morgan fingerprint density at radius 2 is 1.92 bits per heavy atom. The number of hydrogen-bond acceptors (Lipinski definition) is 1. The van der Waals surface area contributed by atoms with Crippen molar-refractivity contribution < 1.29 is 5.11 Å². The van der Waals surface area contributed by atoms with Crippen LogP contribution in [0.15, 0.2) is 21.1 Å². The summed E-state index contributed by atoms with van der Waals surface area (Å²) in [5.41, 5.74) is 1.16. The molecule has 0 spiro atoms. The molecular formula is C10H12Br2O. The predicted molar refractivity (Wildman–Crippen MR) is 62.2 cm³/mol. The summed E-state index contributed by atoms with van der Waals surface area (Å²) in [5, 5.41) is 9.50. The topological polar surface area (TPSA) is 20.2 Å². The quantitative estimate of drug-likeness (QED) is 0.857. The number of phenols is 1. The summed E-state index contributed by atoms with van der Waals surface area (Å²) in [6.45, 7) is 4.28. The van der Waals surface area contributed by atoms with Gasteiger partial charge in [-0.1, -0.05) is 29.8 Å². The van der Waals surface area contributed by atoms with Crippen molar-refractivity contribution in [3.05, 3.63) is 26.6 Å². The maximum atomic E-state index is 9.50. The van der Waals surface area contributed by atoms with Gasteiger partial charge in [-0.2, -0.15) is 0 Å². The maximum Gasteiger partial charge on any atom is 0.130 e. The largest absolute Gasteiger partial charge is 0.507 e. The Hall–Kier alpha value is -0.0200. The Kier molecular flexibility index (Phi) is 3.80. The highest BCUT2D eigenvalue weighted by molar-refractivity contribution is 9.11. The van der Waals surface area contributed by atoms with E-state index in [9.17, 15) is 5.11 Å². The second-order valence-corrected chi connectivity index (χ2v) is 4.84. The summed E-state index contributed by atoms with van der Waals surface area (Å²) in [5.74, 6) is 0.770. The summed E-state index contributed by atoms with van der Waals surface area (Å²) in [7, 11) is 0. The Morgan fingerprint density at radius 3 is 2.46 bits per heavy atom. The highest BCUT2D eigenvalue weighted by Gasteiger charge is 2.10. The first-order valence-electron chi connectivity index (χ1n) is 4.24. The molecule has 0 aliphatic rings. The highest BCUT2D eigenvalue weighted by atomic mass is 79.9. The van der Waals surface area contributed by atoms with Crippen LogP contribution in [-0.4, -0.2) is 5.11 Å². The van der Waals surface area contributed by atoms with E-state index in [-0.39, 0.29) is 0 Å². The Morgan fingerprint density at radius 1 is 1.31 bits per heavy atom. The van der Waals surface area contributed by atoms with Crippen molar-refractivity contribution in [3.63, 3.8) is 0 Å². The number of hydrogen-bond donors (Lipinski definition) is 1. The van der Waals surface area contributed by atoms with Gasteiger partial charge in [-0.25, -0.2) is 0 Å². The first kappa shape index (κ1) is 11.1. The molecular weight excluding hydrogens is 296 g/mol. The average molecular weight is 308 g/mol. The first-order chi connectivity index (χ1) is 6.06. The summed E-state index contributed by atoms with van der Waals surface area (Å²) in [4.78, 5) is 0. The van der Waals surface area contributed by atoms with Crippen molar-refractivity contribution in [3.8, 4) is 5.75 Å². The second kappa shape index (κ2) is 4.47. The smallest absolute Gasteiger partial charge is 0.130 e. The predicted octanol–water partition coefficient (Wildman–Crippen LogP) is 4.43. The fourth-order valence-corrected chi connectivity index (χ4v) is 2.54. The van der Waals surface area contributed by atoms with Gasteiger partial charge >= 0.3 is 0 Å². The van der Waals surface area contributed by atoms with Crippen molar-refractivity contribution in [1.82, 2.24) is 0 Å². The van der Waals surface area contributed by atoms with E-state index < -0.39 is 0 Å². The average Bonchev–Trinajstić information content (AvgIpc) is 2.10. The molecule has 0 aromatic heterocycles. The minimum Gasteiger partial charge on any atom is -0.507 e. The molecule has 1 aromatic carbocycles. The summed E-state index contributed by atoms with van der Waals surface area (Å²) in [6, 6.07) is 3.69. The fourth-order valence-electron chi connectivity index (χ4n) is 1.15. The lowest BCUT2D eigenvalue weighted by Crippen LogP contribution is -1.92. The molecule has 0 bridgehead atoms. The van der Waals surface area contributed by atoms with Gasteiger partial charge in [0.1, 0.15) is 5.75 Å². The number of rotatable bonds is 2. The van der Waals surface area contributed by atoms with Crippen LogP contribution in [0.5, 0.6) is 5.75 Å². The molecule has 0 heterocycles. The van der Waals surface area contributed by atoms with Crippen LogP contribution in [0.1, 0.15) is 31.7 Å². The van der Waals surface area contributed by atoms with Crippen LogP contribution < -0.4 is 0 Å². The molecule has 3 heteroatoms. The van der Waals surface area contributed by atoms with E-state index in [4.69, 9.17) is 0 Å². The SMILES string of the molecule is CCC(C)c1cc(O)c(Br)cc1Br. The van der Waals surface area contributed by atoms with Gasteiger partial charge in [-0.05, 0) is 46.0 Å². The molecule has 0 saturated heterocycles. The molecule has 0 aliphatic carbocycles. The minimum absolute atomic E-state index is 0.304. The molecule has 72 valence electrons. The van der Waals surface area contributed by atoms with Gasteiger partial charge in [0.2, 0.25) is 0 Å². The van der Waals surface area contributed by atoms with E-state index in [1.54, 1.807) is 0 Å². The molecule has 0 fully saturated rings. The summed E-state index contributed by atoms with van der Waals surface area (Å²) < 4.78 is 1.78. The van der Waals surface area contributed by atoms with Gasteiger partial charge in [-0.15, -0.1) is 0 Å². The van der Waals surface area contributed by atoms with E-state index in [0.717, 1.165) is 20.9 Å². The molecule has 1 aromatic rings. The Labute approximate surface area is 95.4 Å². The molecule has 1 atom stereocenters. The number of benzene rings is 1. The molecule has 0 aliphatic heterocycles. The van der Waals surface area contributed by atoms with Crippen molar-refractivity contribution in [2.24, 2.45) is 0 Å². The Balaban J connectivity index is 3.15. The standard InChI is InChI=1S/C10H12Br2O/c1-3-6(2)7-4-10(13)9(12)5-8(7)11/h4-6,13H,3H2,1-2H3. The molecule has 1 unspecified atom stereocenters. The van der Waals surface area contributed by atoms with Gasteiger partial charge < -0.3 is 5.11 Å². The zero-order valence-electron chi connectivity index (χ0n) is 7.64. The zero-order chi connectivity index (χ0) is 10.0. The normalized spacial score (nSPS) is 12.9. The van der Waals surface area contributed by atoms with E-state index >= 15 is 0 Å². The molecule has 0 saturated carbocycles. The lowest BCUT2D eigenvalue weighted by atomic mass is 9.99. The van der Waals surface area contributed by atoms with E-state index in [1.165, 1.54) is 0 Å². The summed E-state index contributed by atoms with van der Waals surface area (Å²) in [6.07, 6.45) is 1.07. The van der Waals surface area contributed by atoms with Crippen molar-refractivity contribution in [1.29, 1.82) is 0 Å². The second-order valence-electron chi connectivity index (χ2n) is 3.13. The first-order valence-corrected chi connectivity index (χ1v) is 5.82. The van der Waals surface area contributed by atoms with Crippen LogP contribution >= 0.6 is 31.9 Å². The van der Waals surface area contributed by atoms with Gasteiger partial charge in [0.05, 0.1) is 4.47 Å². The Bertz CT molecular complexity index is 310. The monoisotopic (exact) mass is 306 g/mol. The van der Waals surface area contributed by atoms with Crippen molar-refractivity contribution in [2.45, 2.75) is 26.2 Å². The third-order valence-corrected chi connectivity index (χ3v) is 3.53. The fraction of sp³-hybridized carbons (Fsp3) is 0.400. The van der Waals surface area contributed by atoms with E-state index in [0.29, 0.717) is 11.7 Å². The van der Waals surface area contributed by atoms with Gasteiger partial charge in [0.25, 0.3) is 0 Å². The van der Waals surface area contributed by atoms with Crippen LogP contribution in [0.2, 0.25) is 0 Å². The molecule has 0 radical (unpaired) electrons. The lowest BCUT2D eigenvalue weighted by Gasteiger charge is -2.12. The van der Waals surface area contributed by atoms with Gasteiger partial charge in [0.15, 0.2) is 0 Å². The molecule has 1 N–H and O–H groups in total. The number of halogens is 2. The molecule has 1 nitrogen and oxygen atoms in total. The number of phenolic OH excluding ortho intramolecular Hbond substituents is 1. The van der Waals surface area contributed by atoms with E-state index in [1.807, 2.05) is 12.1 Å². The van der Waals surface area contributed by atoms with Crippen molar-refractivity contribution >= 4 is 31.9 Å². The zero-order valence-corrected chi connectivity index (χ0v) is 10.8. The van der Waals surface area contributed by atoms with Crippen LogP contribution in [0.4, 0.5) is 0 Å². The van der Waals surface area contributed by atoms with Crippen LogP contribution in [0.25, 0.3) is 0 Å². The van der Waals surface area contributed by atoms with E-state index in [2.05, 4.69) is 45.7 Å². The minimum atomic E-state index is 0.304. The lowest BCUT2D eigenvalue weighted by molar-refractivity contribution is 0.470. The van der Waals surface area contributed by atoms with Gasteiger partial charge in [0, 0.05) is 4.47 Å². The highest BCUT2D eigenvalue weighted by Crippen LogP contribution is 2.35. The van der Waals surface area contributed by atoms with Crippen LogP contribution in [-0.2, 0) is 0 Å². The number of aromatic hydroxyl groups is 1. The molecule has 1 rings (SSSR count). The summed E-state index contributed by atoms with van der Waals surface area (Å²) >= 11 is 6.75. The van der Waals surface area contributed by atoms with Crippen LogP contribution in [0, 0.1) is 0 Å².